The summed E-state index contributed by atoms with van der Waals surface area (Å²) in [7, 11) is 3.19. The van der Waals surface area contributed by atoms with E-state index < -0.39 is 11.7 Å². The van der Waals surface area contributed by atoms with Crippen LogP contribution >= 0.6 is 0 Å². The normalized spacial score (nSPS) is 10.3. The number of ether oxygens (including phenoxy) is 2. The van der Waals surface area contributed by atoms with Gasteiger partial charge in [0, 0.05) is 7.05 Å². The molecule has 0 spiro atoms. The van der Waals surface area contributed by atoms with E-state index >= 15 is 0 Å². The molecule has 6 nitrogen and oxygen atoms in total. The van der Waals surface area contributed by atoms with Gasteiger partial charge in [-0.3, -0.25) is 4.79 Å². The first-order valence-corrected chi connectivity index (χ1v) is 6.27. The Balaban J connectivity index is 2.01. The van der Waals surface area contributed by atoms with E-state index in [1.807, 2.05) is 0 Å². The predicted octanol–water partition coefficient (Wildman–Crippen LogP) is 1.89. The minimum absolute atomic E-state index is 0.0301. The first-order chi connectivity index (χ1) is 10.0. The average Bonchev–Trinajstić information content (AvgIpc) is 2.72. The Hall–Kier alpha value is -2.57. The second-order valence-corrected chi connectivity index (χ2v) is 4.36. The Labute approximate surface area is 121 Å². The number of benzene rings is 1. The average molecular weight is 293 g/mol. The summed E-state index contributed by atoms with van der Waals surface area (Å²) in [6, 6.07) is 5.90. The van der Waals surface area contributed by atoms with Crippen LogP contribution in [-0.4, -0.2) is 29.4 Å². The van der Waals surface area contributed by atoms with Gasteiger partial charge in [-0.15, -0.1) is 0 Å². The molecule has 0 aliphatic heterocycles. The Morgan fingerprint density at radius 3 is 2.81 bits per heavy atom. The van der Waals surface area contributed by atoms with Gasteiger partial charge in [-0.1, -0.05) is 12.1 Å². The molecule has 1 N–H and O–H groups in total. The van der Waals surface area contributed by atoms with E-state index in [-0.39, 0.29) is 12.4 Å². The van der Waals surface area contributed by atoms with Gasteiger partial charge in [-0.05, 0) is 19.1 Å². The third-order valence-corrected chi connectivity index (χ3v) is 2.82. The van der Waals surface area contributed by atoms with Crippen molar-refractivity contribution in [1.82, 2.24) is 9.78 Å². The molecule has 0 bridgehead atoms. The quantitative estimate of drug-likeness (QED) is 0.914. The van der Waals surface area contributed by atoms with E-state index in [0.717, 1.165) is 0 Å². The molecule has 0 aliphatic carbocycles. The van der Waals surface area contributed by atoms with Gasteiger partial charge in [0.05, 0.1) is 12.8 Å². The van der Waals surface area contributed by atoms with Crippen molar-refractivity contribution in [3.05, 3.63) is 35.8 Å². The van der Waals surface area contributed by atoms with Crippen LogP contribution in [0.5, 0.6) is 11.6 Å². The molecule has 2 rings (SSSR count). The van der Waals surface area contributed by atoms with Crippen molar-refractivity contribution >= 4 is 11.6 Å². The number of para-hydroxylation sites is 1. The standard InChI is InChI=1S/C14H16FN3O3/c1-9-13(14(20-3)18(2)17-9)16-12(19)8-21-11-7-5-4-6-10(11)15/h4-7H,8H2,1-3H3,(H,16,19). The highest BCUT2D eigenvalue weighted by Gasteiger charge is 2.16. The molecule has 0 fully saturated rings. The molecule has 0 atom stereocenters. The van der Waals surface area contributed by atoms with Crippen LogP contribution in [0.1, 0.15) is 5.69 Å². The number of rotatable bonds is 5. The fraction of sp³-hybridized carbons (Fsp3) is 0.286. The summed E-state index contributed by atoms with van der Waals surface area (Å²) in [5, 5.41) is 6.79. The minimum Gasteiger partial charge on any atom is -0.481 e. The van der Waals surface area contributed by atoms with Gasteiger partial charge in [-0.2, -0.15) is 5.10 Å². The lowest BCUT2D eigenvalue weighted by Gasteiger charge is -2.09. The third kappa shape index (κ3) is 3.31. The number of nitrogens with one attached hydrogen (secondary N) is 1. The maximum atomic E-state index is 13.4. The van der Waals surface area contributed by atoms with Crippen molar-refractivity contribution in [3.63, 3.8) is 0 Å². The topological polar surface area (TPSA) is 65.4 Å². The second kappa shape index (κ2) is 6.25. The van der Waals surface area contributed by atoms with Crippen molar-refractivity contribution in [3.8, 4) is 11.6 Å². The lowest BCUT2D eigenvalue weighted by atomic mass is 10.3. The molecule has 2 aromatic rings. The summed E-state index contributed by atoms with van der Waals surface area (Å²) < 4.78 is 25.2. The fourth-order valence-electron chi connectivity index (χ4n) is 1.90. The Bertz CT molecular complexity index is 655. The Kier molecular flexibility index (Phi) is 4.42. The maximum Gasteiger partial charge on any atom is 0.262 e. The van der Waals surface area contributed by atoms with E-state index in [1.54, 1.807) is 26.1 Å². The lowest BCUT2D eigenvalue weighted by molar-refractivity contribution is -0.118. The molecule has 112 valence electrons. The van der Waals surface area contributed by atoms with Crippen LogP contribution in [0, 0.1) is 12.7 Å². The Morgan fingerprint density at radius 2 is 2.14 bits per heavy atom. The number of carbonyl (C=O) groups excluding carboxylic acids is 1. The van der Waals surface area contributed by atoms with Crippen molar-refractivity contribution < 1.29 is 18.7 Å². The van der Waals surface area contributed by atoms with E-state index in [1.165, 1.54) is 23.9 Å². The minimum atomic E-state index is -0.513. The van der Waals surface area contributed by atoms with Crippen LogP contribution in [0.25, 0.3) is 0 Å². The van der Waals surface area contributed by atoms with Gasteiger partial charge in [0.25, 0.3) is 5.91 Å². The molecule has 0 saturated heterocycles. The van der Waals surface area contributed by atoms with E-state index in [2.05, 4.69) is 10.4 Å². The van der Waals surface area contributed by atoms with Crippen LogP contribution in [-0.2, 0) is 11.8 Å². The molecule has 7 heteroatoms. The van der Waals surface area contributed by atoms with Crippen LogP contribution in [0.2, 0.25) is 0 Å². The van der Waals surface area contributed by atoms with Gasteiger partial charge in [0.15, 0.2) is 18.2 Å². The number of anilines is 1. The molecular formula is C14H16FN3O3. The number of halogens is 1. The first-order valence-electron chi connectivity index (χ1n) is 6.27. The highest BCUT2D eigenvalue weighted by molar-refractivity contribution is 5.93. The summed E-state index contributed by atoms with van der Waals surface area (Å²) in [6.45, 7) is 1.44. The number of methoxy groups -OCH3 is 1. The zero-order valence-electron chi connectivity index (χ0n) is 12.0. The molecule has 1 amide bonds. The van der Waals surface area contributed by atoms with Crippen LogP contribution in [0.15, 0.2) is 24.3 Å². The zero-order chi connectivity index (χ0) is 15.4. The van der Waals surface area contributed by atoms with Crippen molar-refractivity contribution in [2.75, 3.05) is 19.0 Å². The van der Waals surface area contributed by atoms with Gasteiger partial charge >= 0.3 is 0 Å². The Morgan fingerprint density at radius 1 is 1.43 bits per heavy atom. The largest absolute Gasteiger partial charge is 0.481 e. The molecule has 0 radical (unpaired) electrons. The summed E-state index contributed by atoms with van der Waals surface area (Å²) in [4.78, 5) is 11.9. The number of hydrogen-bond donors (Lipinski definition) is 1. The van der Waals surface area contributed by atoms with Crippen molar-refractivity contribution in [2.24, 2.45) is 7.05 Å². The number of carbonyl (C=O) groups is 1. The fourth-order valence-corrected chi connectivity index (χ4v) is 1.90. The maximum absolute atomic E-state index is 13.4. The van der Waals surface area contributed by atoms with Crippen molar-refractivity contribution in [1.29, 1.82) is 0 Å². The van der Waals surface area contributed by atoms with E-state index in [0.29, 0.717) is 17.3 Å². The van der Waals surface area contributed by atoms with Gasteiger partial charge in [0.2, 0.25) is 5.88 Å². The molecule has 1 aromatic heterocycles. The molecule has 1 aromatic carbocycles. The van der Waals surface area contributed by atoms with Crippen LogP contribution in [0.4, 0.5) is 10.1 Å². The highest BCUT2D eigenvalue weighted by atomic mass is 19.1. The van der Waals surface area contributed by atoms with Crippen molar-refractivity contribution in [2.45, 2.75) is 6.92 Å². The summed E-state index contributed by atoms with van der Waals surface area (Å²) in [6.07, 6.45) is 0. The number of hydrogen-bond acceptors (Lipinski definition) is 4. The van der Waals surface area contributed by atoms with Gasteiger partial charge < -0.3 is 14.8 Å². The van der Waals surface area contributed by atoms with Crippen LogP contribution < -0.4 is 14.8 Å². The van der Waals surface area contributed by atoms with E-state index in [9.17, 15) is 9.18 Å². The SMILES string of the molecule is COc1c(NC(=O)COc2ccccc2F)c(C)nn1C. The number of aromatic nitrogens is 2. The molecule has 0 unspecified atom stereocenters. The third-order valence-electron chi connectivity index (χ3n) is 2.82. The number of aryl methyl sites for hydroxylation is 2. The molecule has 1 heterocycles. The summed E-state index contributed by atoms with van der Waals surface area (Å²) in [5.74, 6) is -0.470. The summed E-state index contributed by atoms with van der Waals surface area (Å²) in [5.41, 5.74) is 1.09. The lowest BCUT2D eigenvalue weighted by Crippen LogP contribution is -2.21. The highest BCUT2D eigenvalue weighted by Crippen LogP contribution is 2.26. The second-order valence-electron chi connectivity index (χ2n) is 4.36. The monoisotopic (exact) mass is 293 g/mol. The molecular weight excluding hydrogens is 277 g/mol. The molecule has 21 heavy (non-hydrogen) atoms. The number of amides is 1. The van der Waals surface area contributed by atoms with E-state index in [4.69, 9.17) is 9.47 Å². The number of nitrogens with zero attached hydrogens (tertiary/aromatic N) is 2. The van der Waals surface area contributed by atoms with Gasteiger partial charge in [0.1, 0.15) is 5.69 Å². The van der Waals surface area contributed by atoms with Gasteiger partial charge in [-0.25, -0.2) is 9.07 Å². The molecule has 0 aliphatic rings. The predicted molar refractivity (Wildman–Crippen MR) is 75.0 cm³/mol. The first kappa shape index (κ1) is 14.8. The van der Waals surface area contributed by atoms with Crippen LogP contribution in [0.3, 0.4) is 0 Å². The summed E-state index contributed by atoms with van der Waals surface area (Å²) >= 11 is 0. The zero-order valence-corrected chi connectivity index (χ0v) is 12.0. The smallest absolute Gasteiger partial charge is 0.262 e. The molecule has 0 saturated carbocycles.